The second-order valence-corrected chi connectivity index (χ2v) is 11.0. The monoisotopic (exact) mass is 518 g/mol. The number of hydrogen-bond acceptors (Lipinski definition) is 5. The molecule has 7 nitrogen and oxygen atoms in total. The molecule has 10 heteroatoms. The van der Waals surface area contributed by atoms with Crippen LogP contribution in [-0.2, 0) is 22.2 Å². The van der Waals surface area contributed by atoms with Crippen molar-refractivity contribution in [1.82, 2.24) is 4.90 Å². The molecule has 1 fully saturated rings. The van der Waals surface area contributed by atoms with Crippen molar-refractivity contribution in [3.05, 3.63) is 52.8 Å². The van der Waals surface area contributed by atoms with Gasteiger partial charge in [0, 0.05) is 39.5 Å². The smallest absolute Gasteiger partial charge is 0.265 e. The molecule has 1 saturated heterocycles. The molecule has 2 aromatic carbocycles. The number of halogens is 2. The maximum atomic E-state index is 13.4. The third kappa shape index (κ3) is 5.24. The Kier molecular flexibility index (Phi) is 7.25. The minimum Gasteiger partial charge on any atom is -0.476 e. The molecule has 2 atom stereocenters. The Morgan fingerprint density at radius 1 is 1.29 bits per heavy atom. The summed E-state index contributed by atoms with van der Waals surface area (Å²) in [7, 11) is 2.34. The molecule has 0 aromatic heterocycles. The highest BCUT2D eigenvalue weighted by molar-refractivity contribution is 7.85. The number of carbonyl (C=O) groups is 1. The van der Waals surface area contributed by atoms with Gasteiger partial charge in [0.25, 0.3) is 5.91 Å². The number of fused-ring (bicyclic) bond motifs is 1. The average Bonchev–Trinajstić information content (AvgIpc) is 2.84. The summed E-state index contributed by atoms with van der Waals surface area (Å²) in [4.78, 5) is 17.0. The lowest BCUT2D eigenvalue weighted by atomic mass is 9.75. The molecule has 2 aliphatic heterocycles. The van der Waals surface area contributed by atoms with Gasteiger partial charge in [-0.05, 0) is 43.0 Å². The van der Waals surface area contributed by atoms with E-state index in [4.69, 9.17) is 16.3 Å². The van der Waals surface area contributed by atoms with Crippen LogP contribution in [0.25, 0.3) is 0 Å². The van der Waals surface area contributed by atoms with Crippen molar-refractivity contribution in [2.75, 3.05) is 49.2 Å². The molecule has 0 aliphatic carbocycles. The highest BCUT2D eigenvalue weighted by Crippen LogP contribution is 2.42. The minimum atomic E-state index is -1.38. The number of nitriles is 1. The van der Waals surface area contributed by atoms with Crippen LogP contribution >= 0.6 is 11.6 Å². The van der Waals surface area contributed by atoms with Gasteiger partial charge in [0.05, 0.1) is 34.4 Å². The maximum Gasteiger partial charge on any atom is 0.265 e. The average molecular weight is 519 g/mol. The minimum absolute atomic E-state index is 0.141. The van der Waals surface area contributed by atoms with Gasteiger partial charge in [0.15, 0.2) is 6.10 Å². The van der Waals surface area contributed by atoms with E-state index in [2.05, 4.69) is 6.07 Å². The lowest BCUT2D eigenvalue weighted by Gasteiger charge is -2.40. The van der Waals surface area contributed by atoms with Gasteiger partial charge in [-0.3, -0.25) is 9.10 Å². The van der Waals surface area contributed by atoms with Crippen LogP contribution in [0.4, 0.5) is 15.8 Å². The van der Waals surface area contributed by atoms with E-state index in [0.29, 0.717) is 48.8 Å². The van der Waals surface area contributed by atoms with Gasteiger partial charge in [-0.25, -0.2) is 8.60 Å². The molecule has 2 unspecified atom stereocenters. The summed E-state index contributed by atoms with van der Waals surface area (Å²) in [6.45, 7) is 0.972. The van der Waals surface area contributed by atoms with Gasteiger partial charge in [-0.2, -0.15) is 5.26 Å². The van der Waals surface area contributed by atoms with Crippen molar-refractivity contribution < 1.29 is 18.1 Å². The zero-order valence-electron chi connectivity index (χ0n) is 20.0. The fraction of sp³-hybridized carbons (Fsp3) is 0.440. The van der Waals surface area contributed by atoms with E-state index in [1.165, 1.54) is 12.1 Å². The van der Waals surface area contributed by atoms with Crippen molar-refractivity contribution in [1.29, 1.82) is 5.26 Å². The van der Waals surface area contributed by atoms with E-state index < -0.39 is 22.5 Å². The second kappa shape index (κ2) is 10.0. The molecule has 0 saturated carbocycles. The van der Waals surface area contributed by atoms with Gasteiger partial charge >= 0.3 is 0 Å². The summed E-state index contributed by atoms with van der Waals surface area (Å²) < 4.78 is 33.5. The zero-order chi connectivity index (χ0) is 25.3. The Morgan fingerprint density at radius 3 is 2.51 bits per heavy atom. The third-order valence-electron chi connectivity index (χ3n) is 6.69. The summed E-state index contributed by atoms with van der Waals surface area (Å²) in [5.41, 5.74) is 1.62. The fourth-order valence-electron chi connectivity index (χ4n) is 4.66. The SMILES string of the molecule is CN(C)c1cc2c(cc1Cl)N(S(C)=O)CC(C(=O)N1CCC(C#N)(Cc3ccc(F)cc3)CC1)O2. The Labute approximate surface area is 212 Å². The van der Waals surface area contributed by atoms with Gasteiger partial charge in [-0.1, -0.05) is 23.7 Å². The van der Waals surface area contributed by atoms with Crippen molar-refractivity contribution in [2.45, 2.75) is 25.4 Å². The number of piperidine rings is 1. The number of anilines is 2. The second-order valence-electron chi connectivity index (χ2n) is 9.28. The predicted octanol–water partition coefficient (Wildman–Crippen LogP) is 3.78. The Morgan fingerprint density at radius 2 is 1.94 bits per heavy atom. The molecule has 186 valence electrons. The highest BCUT2D eigenvalue weighted by atomic mass is 35.5. The molecule has 1 amide bonds. The molecule has 2 aromatic rings. The summed E-state index contributed by atoms with van der Waals surface area (Å²) >= 11 is 6.41. The van der Waals surface area contributed by atoms with Crippen LogP contribution in [0, 0.1) is 22.6 Å². The van der Waals surface area contributed by atoms with Gasteiger partial charge in [0.2, 0.25) is 0 Å². The van der Waals surface area contributed by atoms with Crippen LogP contribution < -0.4 is 13.9 Å². The standard InChI is InChI=1S/C25H28ClFN4O3S/c1-29(2)20-13-22-21(12-19(20)26)31(35(3)33)15-23(34-22)24(32)30-10-8-25(16-28,9-11-30)14-17-4-6-18(27)7-5-17/h4-7,12-13,23H,8-11,14-15H2,1-3H3. The first-order valence-corrected chi connectivity index (χ1v) is 13.2. The van der Waals surface area contributed by atoms with Gasteiger partial charge in [0.1, 0.15) is 22.6 Å². The van der Waals surface area contributed by atoms with E-state index in [0.717, 1.165) is 11.3 Å². The van der Waals surface area contributed by atoms with Crippen LogP contribution in [0.2, 0.25) is 5.02 Å². The largest absolute Gasteiger partial charge is 0.476 e. The van der Waals surface area contributed by atoms with E-state index in [-0.39, 0.29) is 18.3 Å². The van der Waals surface area contributed by atoms with E-state index >= 15 is 0 Å². The van der Waals surface area contributed by atoms with E-state index in [9.17, 15) is 18.7 Å². The topological polar surface area (TPSA) is 76.9 Å². The van der Waals surface area contributed by atoms with Crippen molar-refractivity contribution >= 4 is 39.9 Å². The first-order chi connectivity index (χ1) is 16.6. The van der Waals surface area contributed by atoms with Crippen LogP contribution in [0.3, 0.4) is 0 Å². The Bertz CT molecular complexity index is 1180. The summed E-state index contributed by atoms with van der Waals surface area (Å²) in [6.07, 6.45) is 2.27. The summed E-state index contributed by atoms with van der Waals surface area (Å²) in [6, 6.07) is 12.1. The number of amides is 1. The zero-order valence-corrected chi connectivity index (χ0v) is 21.5. The number of hydrogen-bond donors (Lipinski definition) is 0. The number of rotatable bonds is 5. The van der Waals surface area contributed by atoms with E-state index in [1.807, 2.05) is 19.0 Å². The normalized spacial score (nSPS) is 19.8. The number of ether oxygens (including phenoxy) is 1. The molecule has 2 aliphatic rings. The van der Waals surface area contributed by atoms with Crippen LogP contribution in [-0.4, -0.2) is 61.1 Å². The predicted molar refractivity (Wildman–Crippen MR) is 136 cm³/mol. The molecule has 0 radical (unpaired) electrons. The van der Waals surface area contributed by atoms with Crippen LogP contribution in [0.5, 0.6) is 5.75 Å². The number of nitrogens with zero attached hydrogens (tertiary/aromatic N) is 4. The first-order valence-electron chi connectivity index (χ1n) is 11.4. The van der Waals surface area contributed by atoms with Crippen molar-refractivity contribution in [2.24, 2.45) is 5.41 Å². The molecule has 35 heavy (non-hydrogen) atoms. The third-order valence-corrected chi connectivity index (χ3v) is 7.96. The molecule has 4 rings (SSSR count). The molecular formula is C25H28ClFN4O3S. The van der Waals surface area contributed by atoms with Crippen LogP contribution in [0.1, 0.15) is 18.4 Å². The molecular weight excluding hydrogens is 491 g/mol. The lowest BCUT2D eigenvalue weighted by Crippen LogP contribution is -2.53. The molecule has 0 spiro atoms. The van der Waals surface area contributed by atoms with Gasteiger partial charge in [-0.15, -0.1) is 0 Å². The van der Waals surface area contributed by atoms with E-state index in [1.54, 1.807) is 39.7 Å². The lowest BCUT2D eigenvalue weighted by molar-refractivity contribution is -0.140. The number of likely N-dealkylation sites (tertiary alicyclic amines) is 1. The van der Waals surface area contributed by atoms with Crippen molar-refractivity contribution in [3.63, 3.8) is 0 Å². The number of benzene rings is 2. The summed E-state index contributed by atoms with van der Waals surface area (Å²) in [5.74, 6) is -0.0466. The van der Waals surface area contributed by atoms with Crippen LogP contribution in [0.15, 0.2) is 36.4 Å². The maximum absolute atomic E-state index is 13.4. The highest BCUT2D eigenvalue weighted by Gasteiger charge is 2.40. The fourth-order valence-corrected chi connectivity index (χ4v) is 5.75. The summed E-state index contributed by atoms with van der Waals surface area (Å²) in [5, 5.41) is 10.4. The first kappa shape index (κ1) is 25.3. The Hall–Kier alpha value is -2.83. The number of carbonyl (C=O) groups excluding carboxylic acids is 1. The molecule has 2 heterocycles. The van der Waals surface area contributed by atoms with Crippen molar-refractivity contribution in [3.8, 4) is 11.8 Å². The Balaban J connectivity index is 1.49. The molecule has 0 N–H and O–H groups in total. The molecule has 0 bridgehead atoms. The van der Waals surface area contributed by atoms with Gasteiger partial charge < -0.3 is 14.5 Å². The quantitative estimate of drug-likeness (QED) is 0.602.